The topological polar surface area (TPSA) is 35.6 Å². The Bertz CT molecular complexity index is 540. The highest BCUT2D eigenvalue weighted by molar-refractivity contribution is 6.30. The maximum Gasteiger partial charge on any atom is 0.317 e. The van der Waals surface area contributed by atoms with Gasteiger partial charge in [0.1, 0.15) is 5.82 Å². The third-order valence-corrected chi connectivity index (χ3v) is 4.70. The highest BCUT2D eigenvalue weighted by Crippen LogP contribution is 2.36. The lowest BCUT2D eigenvalue weighted by Crippen LogP contribution is -2.40. The van der Waals surface area contributed by atoms with Crippen molar-refractivity contribution in [3.05, 3.63) is 34.6 Å². The van der Waals surface area contributed by atoms with E-state index in [1.807, 2.05) is 20.0 Å². The van der Waals surface area contributed by atoms with E-state index in [0.29, 0.717) is 13.1 Å². The Kier molecular flexibility index (Phi) is 5.64. The summed E-state index contributed by atoms with van der Waals surface area (Å²) in [7, 11) is 3.79. The molecule has 4 nitrogen and oxygen atoms in total. The van der Waals surface area contributed by atoms with E-state index in [1.54, 1.807) is 18.0 Å². The molecule has 2 rings (SSSR count). The summed E-state index contributed by atoms with van der Waals surface area (Å²) in [5.41, 5.74) is 0.907. The number of nitrogens with zero attached hydrogens (tertiary/aromatic N) is 2. The van der Waals surface area contributed by atoms with Gasteiger partial charge in [-0.05, 0) is 50.6 Å². The van der Waals surface area contributed by atoms with Crippen molar-refractivity contribution >= 4 is 17.6 Å². The molecule has 2 amide bonds. The monoisotopic (exact) mass is 327 g/mol. The second-order valence-corrected chi connectivity index (χ2v) is 6.26. The molecular weight excluding hydrogens is 305 g/mol. The van der Waals surface area contributed by atoms with Crippen molar-refractivity contribution in [2.45, 2.75) is 19.4 Å². The quantitative estimate of drug-likeness (QED) is 0.922. The predicted octanol–water partition coefficient (Wildman–Crippen LogP) is 3.13. The number of hydrogen-bond donors (Lipinski definition) is 1. The van der Waals surface area contributed by atoms with Gasteiger partial charge in [-0.15, -0.1) is 0 Å². The fourth-order valence-electron chi connectivity index (χ4n) is 2.96. The van der Waals surface area contributed by atoms with Gasteiger partial charge in [-0.3, -0.25) is 4.90 Å². The number of carbonyl (C=O) groups excluding carboxylic acids is 1. The van der Waals surface area contributed by atoms with Gasteiger partial charge in [0.25, 0.3) is 0 Å². The van der Waals surface area contributed by atoms with E-state index in [2.05, 4.69) is 10.2 Å². The fourth-order valence-corrected chi connectivity index (χ4v) is 3.08. The molecule has 0 bridgehead atoms. The average Bonchev–Trinajstić information content (AvgIpc) is 2.87. The van der Waals surface area contributed by atoms with Crippen molar-refractivity contribution in [1.29, 1.82) is 0 Å². The van der Waals surface area contributed by atoms with Gasteiger partial charge in [0.15, 0.2) is 0 Å². The fraction of sp³-hybridized carbons (Fsp3) is 0.562. The summed E-state index contributed by atoms with van der Waals surface area (Å²) in [6.07, 6.45) is 0.974. The Hall–Kier alpha value is -1.33. The highest BCUT2D eigenvalue weighted by atomic mass is 35.5. The first-order valence-corrected chi connectivity index (χ1v) is 7.96. The summed E-state index contributed by atoms with van der Waals surface area (Å²) >= 11 is 5.76. The summed E-state index contributed by atoms with van der Waals surface area (Å²) in [5.74, 6) is -0.132. The van der Waals surface area contributed by atoms with E-state index in [9.17, 15) is 9.18 Å². The van der Waals surface area contributed by atoms with Crippen LogP contribution in [0.3, 0.4) is 0 Å². The first-order valence-electron chi connectivity index (χ1n) is 7.58. The van der Waals surface area contributed by atoms with Crippen LogP contribution in [0.2, 0.25) is 5.02 Å². The SMILES string of the molecule is CCN(C)C(=O)NC[C@@H]1CCN(C)[C@@H]1c1ccc(Cl)c(F)c1. The van der Waals surface area contributed by atoms with E-state index >= 15 is 0 Å². The zero-order valence-corrected chi connectivity index (χ0v) is 14.0. The van der Waals surface area contributed by atoms with Crippen LogP contribution in [-0.2, 0) is 0 Å². The molecule has 122 valence electrons. The molecule has 1 fully saturated rings. The van der Waals surface area contributed by atoms with Crippen LogP contribution in [0.1, 0.15) is 24.9 Å². The number of carbonyl (C=O) groups is 1. The number of likely N-dealkylation sites (tertiary alicyclic amines) is 1. The Morgan fingerprint density at radius 3 is 2.91 bits per heavy atom. The molecule has 0 unspecified atom stereocenters. The number of halogens is 2. The third-order valence-electron chi connectivity index (χ3n) is 4.40. The molecule has 1 aromatic carbocycles. The molecule has 0 aromatic heterocycles. The van der Waals surface area contributed by atoms with Gasteiger partial charge < -0.3 is 10.2 Å². The molecule has 0 aliphatic carbocycles. The third kappa shape index (κ3) is 3.70. The van der Waals surface area contributed by atoms with Gasteiger partial charge in [0.05, 0.1) is 5.02 Å². The molecule has 1 heterocycles. The second-order valence-electron chi connectivity index (χ2n) is 5.85. The zero-order valence-electron chi connectivity index (χ0n) is 13.3. The van der Waals surface area contributed by atoms with Gasteiger partial charge >= 0.3 is 6.03 Å². The lowest BCUT2D eigenvalue weighted by molar-refractivity contribution is 0.206. The van der Waals surface area contributed by atoms with E-state index < -0.39 is 5.82 Å². The van der Waals surface area contributed by atoms with E-state index in [0.717, 1.165) is 18.5 Å². The van der Waals surface area contributed by atoms with Crippen molar-refractivity contribution in [2.75, 3.05) is 33.7 Å². The summed E-state index contributed by atoms with van der Waals surface area (Å²) in [6.45, 7) is 4.12. The summed E-state index contributed by atoms with van der Waals surface area (Å²) in [5, 5.41) is 3.10. The van der Waals surface area contributed by atoms with Crippen LogP contribution < -0.4 is 5.32 Å². The van der Waals surface area contributed by atoms with E-state index in [1.165, 1.54) is 6.07 Å². The molecule has 0 saturated carbocycles. The lowest BCUT2D eigenvalue weighted by Gasteiger charge is -2.26. The van der Waals surface area contributed by atoms with Crippen molar-refractivity contribution in [1.82, 2.24) is 15.1 Å². The number of benzene rings is 1. The minimum Gasteiger partial charge on any atom is -0.338 e. The lowest BCUT2D eigenvalue weighted by atomic mass is 9.93. The number of hydrogen-bond acceptors (Lipinski definition) is 2. The van der Waals surface area contributed by atoms with Crippen LogP contribution in [0.4, 0.5) is 9.18 Å². The number of nitrogens with one attached hydrogen (secondary N) is 1. The molecule has 1 N–H and O–H groups in total. The van der Waals surface area contributed by atoms with Crippen molar-refractivity contribution in [3.8, 4) is 0 Å². The molecule has 1 aliphatic heterocycles. The minimum atomic E-state index is -0.395. The smallest absolute Gasteiger partial charge is 0.317 e. The van der Waals surface area contributed by atoms with Gasteiger partial charge in [-0.2, -0.15) is 0 Å². The number of rotatable bonds is 4. The maximum absolute atomic E-state index is 13.7. The van der Waals surface area contributed by atoms with Crippen LogP contribution in [0, 0.1) is 11.7 Å². The standard InChI is InChI=1S/C16H23ClFN3O/c1-4-20(2)16(22)19-10-12-7-8-21(3)15(12)11-5-6-13(17)14(18)9-11/h5-6,9,12,15H,4,7-8,10H2,1-3H3,(H,19,22)/t12-,15+/m0/s1. The van der Waals surface area contributed by atoms with Crippen molar-refractivity contribution < 1.29 is 9.18 Å². The summed E-state index contributed by atoms with van der Waals surface area (Å²) in [6, 6.07) is 4.99. The van der Waals surface area contributed by atoms with Crippen LogP contribution in [-0.4, -0.2) is 49.6 Å². The summed E-state index contributed by atoms with van der Waals surface area (Å²) < 4.78 is 13.7. The van der Waals surface area contributed by atoms with Crippen LogP contribution in [0.25, 0.3) is 0 Å². The molecule has 22 heavy (non-hydrogen) atoms. The van der Waals surface area contributed by atoms with E-state index in [-0.39, 0.29) is 23.0 Å². The largest absolute Gasteiger partial charge is 0.338 e. The molecule has 1 saturated heterocycles. The first kappa shape index (κ1) is 17.0. The first-order chi connectivity index (χ1) is 10.4. The molecule has 0 radical (unpaired) electrons. The molecule has 1 aliphatic rings. The zero-order chi connectivity index (χ0) is 16.3. The molecule has 6 heteroatoms. The van der Waals surface area contributed by atoms with Gasteiger partial charge in [0, 0.05) is 26.2 Å². The second kappa shape index (κ2) is 7.29. The Balaban J connectivity index is 2.07. The van der Waals surface area contributed by atoms with Gasteiger partial charge in [-0.25, -0.2) is 9.18 Å². The van der Waals surface area contributed by atoms with Crippen LogP contribution in [0.15, 0.2) is 18.2 Å². The van der Waals surface area contributed by atoms with Crippen molar-refractivity contribution in [3.63, 3.8) is 0 Å². The van der Waals surface area contributed by atoms with Crippen LogP contribution >= 0.6 is 11.6 Å². The van der Waals surface area contributed by atoms with Crippen LogP contribution in [0.5, 0.6) is 0 Å². The molecule has 2 atom stereocenters. The van der Waals surface area contributed by atoms with E-state index in [4.69, 9.17) is 11.6 Å². The molecular formula is C16H23ClFN3O. The molecule has 1 aromatic rings. The predicted molar refractivity (Wildman–Crippen MR) is 86.6 cm³/mol. The minimum absolute atomic E-state index is 0.0712. The maximum atomic E-state index is 13.7. The van der Waals surface area contributed by atoms with Gasteiger partial charge in [-0.1, -0.05) is 17.7 Å². The van der Waals surface area contributed by atoms with Crippen molar-refractivity contribution in [2.24, 2.45) is 5.92 Å². The Morgan fingerprint density at radius 2 is 2.27 bits per heavy atom. The van der Waals surface area contributed by atoms with Gasteiger partial charge in [0.2, 0.25) is 0 Å². The Morgan fingerprint density at radius 1 is 1.55 bits per heavy atom. The Labute approximate surface area is 136 Å². The summed E-state index contributed by atoms with van der Waals surface area (Å²) in [4.78, 5) is 15.7. The average molecular weight is 328 g/mol. The number of amides is 2. The highest BCUT2D eigenvalue weighted by Gasteiger charge is 2.33. The normalized spacial score (nSPS) is 21.9. The molecule has 0 spiro atoms. The number of urea groups is 1.